The van der Waals surface area contributed by atoms with E-state index < -0.39 is 18.0 Å². The first-order valence-corrected chi connectivity index (χ1v) is 6.33. The van der Waals surface area contributed by atoms with Crippen molar-refractivity contribution < 1.29 is 24.2 Å². The number of carboxylic acid groups (broad SMARTS) is 1. The van der Waals surface area contributed by atoms with Crippen molar-refractivity contribution in [1.82, 2.24) is 10.2 Å². The quantitative estimate of drug-likeness (QED) is 0.754. The van der Waals surface area contributed by atoms with Crippen molar-refractivity contribution in [1.29, 1.82) is 0 Å². The maximum Gasteiger partial charge on any atom is 0.413 e. The number of amides is 2. The van der Waals surface area contributed by atoms with Gasteiger partial charge in [-0.3, -0.25) is 19.8 Å². The van der Waals surface area contributed by atoms with Gasteiger partial charge in [-0.05, 0) is 31.7 Å². The highest BCUT2D eigenvalue weighted by atomic mass is 16.5. The van der Waals surface area contributed by atoms with Crippen LogP contribution >= 0.6 is 0 Å². The summed E-state index contributed by atoms with van der Waals surface area (Å²) in [6, 6.07) is 0. The highest BCUT2D eigenvalue weighted by Crippen LogP contribution is 2.20. The number of methoxy groups -OCH3 is 1. The van der Waals surface area contributed by atoms with Crippen LogP contribution < -0.4 is 5.32 Å². The molecule has 0 spiro atoms. The van der Waals surface area contributed by atoms with Gasteiger partial charge in [-0.1, -0.05) is 0 Å². The number of nitrogens with zero attached hydrogens (tertiary/aromatic N) is 1. The summed E-state index contributed by atoms with van der Waals surface area (Å²) in [5.41, 5.74) is 0. The van der Waals surface area contributed by atoms with Crippen LogP contribution in [0.2, 0.25) is 0 Å². The van der Waals surface area contributed by atoms with E-state index >= 15 is 0 Å². The monoisotopic (exact) mass is 272 g/mol. The molecule has 1 heterocycles. The lowest BCUT2D eigenvalue weighted by Crippen LogP contribution is -2.44. The summed E-state index contributed by atoms with van der Waals surface area (Å²) in [6.45, 7) is 1.62. The van der Waals surface area contributed by atoms with Gasteiger partial charge in [0.1, 0.15) is 0 Å². The van der Waals surface area contributed by atoms with E-state index in [0.29, 0.717) is 18.9 Å². The van der Waals surface area contributed by atoms with Gasteiger partial charge in [0.2, 0.25) is 5.91 Å². The predicted octanol–water partition coefficient (Wildman–Crippen LogP) is 0.446. The van der Waals surface area contributed by atoms with Crippen LogP contribution in [0, 0.1) is 5.92 Å². The van der Waals surface area contributed by atoms with Gasteiger partial charge in [0, 0.05) is 13.0 Å². The normalized spacial score (nSPS) is 19.7. The number of ether oxygens (including phenoxy) is 1. The van der Waals surface area contributed by atoms with Crippen molar-refractivity contribution in [3.05, 3.63) is 0 Å². The largest absolute Gasteiger partial charge is 0.481 e. The highest BCUT2D eigenvalue weighted by Gasteiger charge is 2.22. The van der Waals surface area contributed by atoms with E-state index in [1.807, 2.05) is 4.90 Å². The van der Waals surface area contributed by atoms with Crippen LogP contribution in [0.25, 0.3) is 0 Å². The number of carboxylic acids is 1. The summed E-state index contributed by atoms with van der Waals surface area (Å²) < 4.78 is 4.34. The zero-order chi connectivity index (χ0) is 14.3. The molecule has 0 aromatic heterocycles. The van der Waals surface area contributed by atoms with Crippen LogP contribution in [-0.4, -0.2) is 54.7 Å². The van der Waals surface area contributed by atoms with Crippen molar-refractivity contribution in [2.45, 2.75) is 25.7 Å². The molecule has 2 amide bonds. The lowest BCUT2D eigenvalue weighted by molar-refractivity contribution is -0.137. The minimum absolute atomic E-state index is 0.138. The third kappa shape index (κ3) is 6.19. The Morgan fingerprint density at radius 1 is 1.42 bits per heavy atom. The number of carbonyl (C=O) groups excluding carboxylic acids is 2. The number of nitrogens with one attached hydrogen (secondary N) is 1. The Kier molecular flexibility index (Phi) is 6.27. The Bertz CT molecular complexity index is 345. The number of piperidine rings is 1. The summed E-state index contributed by atoms with van der Waals surface area (Å²) >= 11 is 0. The number of alkyl carbamates (subject to hydrolysis) is 1. The number of hydrogen-bond acceptors (Lipinski definition) is 5. The first-order chi connectivity index (χ1) is 9.01. The second kappa shape index (κ2) is 7.73. The fourth-order valence-corrected chi connectivity index (χ4v) is 2.27. The zero-order valence-corrected chi connectivity index (χ0v) is 11.1. The molecule has 7 heteroatoms. The Labute approximate surface area is 111 Å². The predicted molar refractivity (Wildman–Crippen MR) is 66.6 cm³/mol. The Morgan fingerprint density at radius 3 is 2.79 bits per heavy atom. The van der Waals surface area contributed by atoms with Crippen molar-refractivity contribution in [2.24, 2.45) is 5.92 Å². The van der Waals surface area contributed by atoms with Crippen LogP contribution in [0.5, 0.6) is 0 Å². The topological polar surface area (TPSA) is 95.9 Å². The van der Waals surface area contributed by atoms with E-state index in [9.17, 15) is 14.4 Å². The lowest BCUT2D eigenvalue weighted by atomic mass is 9.93. The first kappa shape index (κ1) is 15.4. The second-order valence-electron chi connectivity index (χ2n) is 4.72. The lowest BCUT2D eigenvalue weighted by Gasteiger charge is -2.31. The fourth-order valence-electron chi connectivity index (χ4n) is 2.27. The van der Waals surface area contributed by atoms with E-state index in [-0.39, 0.29) is 13.0 Å². The summed E-state index contributed by atoms with van der Waals surface area (Å²) in [7, 11) is 1.20. The van der Waals surface area contributed by atoms with E-state index in [1.54, 1.807) is 0 Å². The second-order valence-corrected chi connectivity index (χ2v) is 4.72. The molecule has 0 aliphatic carbocycles. The van der Waals surface area contributed by atoms with Crippen LogP contribution in [0.1, 0.15) is 25.7 Å². The number of likely N-dealkylation sites (tertiary alicyclic amines) is 1. The van der Waals surface area contributed by atoms with Gasteiger partial charge in [-0.2, -0.15) is 0 Å². The molecular formula is C12H20N2O5. The maximum absolute atomic E-state index is 11.5. The van der Waals surface area contributed by atoms with Gasteiger partial charge in [0.25, 0.3) is 0 Å². The zero-order valence-electron chi connectivity index (χ0n) is 11.1. The average Bonchev–Trinajstić information content (AvgIpc) is 2.36. The van der Waals surface area contributed by atoms with Crippen LogP contribution in [-0.2, 0) is 14.3 Å². The number of imide groups is 1. The third-order valence-corrected chi connectivity index (χ3v) is 3.16. The number of aliphatic carboxylic acids is 1. The van der Waals surface area contributed by atoms with Crippen LogP contribution in [0.4, 0.5) is 4.79 Å². The smallest absolute Gasteiger partial charge is 0.413 e. The molecule has 0 bridgehead atoms. The standard InChI is InChI=1S/C12H20N2O5/c1-19-12(18)13-10(15)8-14-6-2-3-9(7-14)4-5-11(16)17/h9H,2-8H2,1H3,(H,16,17)(H,13,15,18). The molecule has 1 rings (SSSR count). The molecule has 1 aliphatic heterocycles. The molecule has 19 heavy (non-hydrogen) atoms. The SMILES string of the molecule is COC(=O)NC(=O)CN1CCCC(CCC(=O)O)C1. The van der Waals surface area contributed by atoms with Crippen molar-refractivity contribution in [3.63, 3.8) is 0 Å². The third-order valence-electron chi connectivity index (χ3n) is 3.16. The molecule has 0 aromatic carbocycles. The number of hydrogen-bond donors (Lipinski definition) is 2. The minimum Gasteiger partial charge on any atom is -0.481 e. The Balaban J connectivity index is 2.32. The van der Waals surface area contributed by atoms with Crippen LogP contribution in [0.3, 0.4) is 0 Å². The van der Waals surface area contributed by atoms with Gasteiger partial charge in [-0.25, -0.2) is 4.79 Å². The van der Waals surface area contributed by atoms with E-state index in [2.05, 4.69) is 10.1 Å². The highest BCUT2D eigenvalue weighted by molar-refractivity contribution is 5.92. The molecule has 1 saturated heterocycles. The Hall–Kier alpha value is -1.63. The van der Waals surface area contributed by atoms with Gasteiger partial charge >= 0.3 is 12.1 Å². The Morgan fingerprint density at radius 2 is 2.16 bits per heavy atom. The summed E-state index contributed by atoms with van der Waals surface area (Å²) in [5.74, 6) is -0.887. The molecular weight excluding hydrogens is 252 g/mol. The summed E-state index contributed by atoms with van der Waals surface area (Å²) in [5, 5.41) is 10.8. The van der Waals surface area contributed by atoms with Crippen LogP contribution in [0.15, 0.2) is 0 Å². The molecule has 0 saturated carbocycles. The molecule has 1 fully saturated rings. The van der Waals surface area contributed by atoms with E-state index in [4.69, 9.17) is 5.11 Å². The van der Waals surface area contributed by atoms with Gasteiger partial charge < -0.3 is 9.84 Å². The molecule has 108 valence electrons. The average molecular weight is 272 g/mol. The fraction of sp³-hybridized carbons (Fsp3) is 0.750. The van der Waals surface area contributed by atoms with E-state index in [1.165, 1.54) is 7.11 Å². The summed E-state index contributed by atoms with van der Waals surface area (Å²) in [6.07, 6.45) is 1.96. The molecule has 1 aliphatic rings. The van der Waals surface area contributed by atoms with Gasteiger partial charge in [0.15, 0.2) is 0 Å². The molecule has 7 nitrogen and oxygen atoms in total. The first-order valence-electron chi connectivity index (χ1n) is 6.33. The van der Waals surface area contributed by atoms with Gasteiger partial charge in [-0.15, -0.1) is 0 Å². The van der Waals surface area contributed by atoms with Crippen molar-refractivity contribution >= 4 is 18.0 Å². The van der Waals surface area contributed by atoms with Crippen molar-refractivity contribution in [2.75, 3.05) is 26.7 Å². The van der Waals surface area contributed by atoms with Crippen molar-refractivity contribution in [3.8, 4) is 0 Å². The van der Waals surface area contributed by atoms with Gasteiger partial charge in [0.05, 0.1) is 13.7 Å². The molecule has 2 N–H and O–H groups in total. The van der Waals surface area contributed by atoms with E-state index in [0.717, 1.165) is 19.4 Å². The molecule has 1 unspecified atom stereocenters. The molecule has 0 radical (unpaired) electrons. The maximum atomic E-state index is 11.5. The number of rotatable bonds is 5. The minimum atomic E-state index is -0.791. The summed E-state index contributed by atoms with van der Waals surface area (Å²) in [4.78, 5) is 34.8. The molecule has 1 atom stereocenters. The number of carbonyl (C=O) groups is 3. The molecule has 0 aromatic rings.